The van der Waals surface area contributed by atoms with Crippen molar-refractivity contribution < 1.29 is 35.9 Å². The fraction of sp³-hybridized carbons (Fsp3) is 0. The molecule has 3 N–H and O–H groups in total. The maximum Gasteiger partial charge on any atom is 2.00 e. The third kappa shape index (κ3) is 71.3. The van der Waals surface area contributed by atoms with Gasteiger partial charge in [-0.05, 0) is 0 Å². The summed E-state index contributed by atoms with van der Waals surface area (Å²) in [5.41, 5.74) is 0. The van der Waals surface area contributed by atoms with Crippen LogP contribution in [-0.2, 0) is 20.8 Å². The van der Waals surface area contributed by atoms with E-state index in [1.807, 2.05) is 0 Å². The first-order valence-electron chi connectivity index (χ1n) is 0.783. The van der Waals surface area contributed by atoms with Crippen LogP contribution in [-0.4, -0.2) is 64.5 Å². The van der Waals surface area contributed by atoms with Crippen LogP contribution in [0.15, 0.2) is 0 Å². The normalized spacial score (nSPS) is 8.43. The molecule has 0 spiro atoms. The second kappa shape index (κ2) is 6.14. The van der Waals surface area contributed by atoms with Gasteiger partial charge in [-0.15, -0.1) is 0 Å². The van der Waals surface area contributed by atoms with Crippen LogP contribution in [0, 0.1) is 0 Å². The van der Waals surface area contributed by atoms with Gasteiger partial charge in [0.15, 0.2) is 0 Å². The van der Waals surface area contributed by atoms with Crippen LogP contribution < -0.4 is 0 Å². The van der Waals surface area contributed by atoms with Crippen molar-refractivity contribution in [1.82, 2.24) is 0 Å². The Morgan fingerprint density at radius 3 is 1.29 bits per heavy atom. The van der Waals surface area contributed by atoms with Crippen molar-refractivity contribution >= 4 is 52.3 Å². The summed E-state index contributed by atoms with van der Waals surface area (Å²) in [5.74, 6) is 0. The summed E-state index contributed by atoms with van der Waals surface area (Å²) in [6.45, 7) is 0. The molecule has 0 rings (SSSR count). The van der Waals surface area contributed by atoms with Gasteiger partial charge in [0.2, 0.25) is 0 Å². The van der Waals surface area contributed by atoms with Gasteiger partial charge in [-0.2, -0.15) is 0 Å². The molecular weight excluding hydrogens is 235 g/mol. The summed E-state index contributed by atoms with van der Waals surface area (Å²) in [6, 6.07) is 0. The molecule has 0 aromatic heterocycles. The van der Waals surface area contributed by atoms with Crippen molar-refractivity contribution in [2.45, 2.75) is 0 Å². The summed E-state index contributed by atoms with van der Waals surface area (Å²) < 4.78 is 30.7. The monoisotopic (exact) mass is 240 g/mol. The maximum atomic E-state index is 8.94. The van der Waals surface area contributed by atoms with E-state index in [2.05, 4.69) is 0 Å². The van der Waals surface area contributed by atoms with Gasteiger partial charge in [0.05, 0.1) is 0 Å². The molecule has 7 heavy (non-hydrogen) atoms. The Morgan fingerprint density at radius 1 is 1.29 bits per heavy atom. The average Bonchev–Trinajstić information content (AvgIpc) is 0.722. The Hall–Kier alpha value is 2.02. The van der Waals surface area contributed by atoms with Crippen LogP contribution in [0.2, 0.25) is 0 Å². The zero-order valence-electron chi connectivity index (χ0n) is 5.26. The minimum atomic E-state index is -5.12. The first kappa shape index (κ1) is 16.0. The van der Waals surface area contributed by atoms with E-state index in [0.717, 1.165) is 0 Å². The SMILES string of the molecule is O=[As](O)(O)O.[Ca+2].[Fe].[H-].[H-]. The van der Waals surface area contributed by atoms with Crippen molar-refractivity contribution in [2.75, 3.05) is 0 Å². The largest absolute Gasteiger partial charge is 2.00 e. The van der Waals surface area contributed by atoms with E-state index in [1.54, 1.807) is 0 Å². The molecule has 4 nitrogen and oxygen atoms in total. The smallest absolute Gasteiger partial charge is 1.00 e. The van der Waals surface area contributed by atoms with Crippen LogP contribution in [0.4, 0.5) is 0 Å². The van der Waals surface area contributed by atoms with Crippen molar-refractivity contribution in [3.63, 3.8) is 0 Å². The molecule has 0 bridgehead atoms. The van der Waals surface area contributed by atoms with Crippen molar-refractivity contribution in [3.8, 4) is 0 Å². The van der Waals surface area contributed by atoms with Gasteiger partial charge in [0.1, 0.15) is 0 Å². The molecule has 44 valence electrons. The van der Waals surface area contributed by atoms with Crippen LogP contribution in [0.3, 0.4) is 0 Å². The van der Waals surface area contributed by atoms with E-state index in [0.29, 0.717) is 0 Å². The predicted octanol–water partition coefficient (Wildman–Crippen LogP) is -2.33. The molecule has 0 amide bonds. The summed E-state index contributed by atoms with van der Waals surface area (Å²) in [4.78, 5) is 0. The van der Waals surface area contributed by atoms with Gasteiger partial charge in [-0.25, -0.2) is 0 Å². The zero-order chi connectivity index (χ0) is 4.50. The summed E-state index contributed by atoms with van der Waals surface area (Å²) >= 11 is -5.12. The molecule has 0 aromatic rings. The van der Waals surface area contributed by atoms with Crippen molar-refractivity contribution in [3.05, 3.63) is 0 Å². The molecule has 7 heteroatoms. The van der Waals surface area contributed by atoms with E-state index in [4.69, 9.17) is 16.0 Å². The predicted molar refractivity (Wildman–Crippen MR) is 21.1 cm³/mol. The first-order chi connectivity index (χ1) is 2.00. The van der Waals surface area contributed by atoms with Crippen molar-refractivity contribution in [2.24, 2.45) is 0 Å². The van der Waals surface area contributed by atoms with Gasteiger partial charge in [0.25, 0.3) is 0 Å². The minimum Gasteiger partial charge on any atom is -1.00 e. The molecule has 0 aliphatic rings. The van der Waals surface area contributed by atoms with Crippen LogP contribution in [0.1, 0.15) is 2.85 Å². The molecule has 0 aliphatic heterocycles. The Kier molecular flexibility index (Phi) is 14.0. The van der Waals surface area contributed by atoms with Crippen LogP contribution >= 0.6 is 0 Å². The molecule has 0 heterocycles. The van der Waals surface area contributed by atoms with Gasteiger partial charge in [-0.1, -0.05) is 0 Å². The van der Waals surface area contributed by atoms with E-state index in [9.17, 15) is 0 Å². The topological polar surface area (TPSA) is 77.8 Å². The second-order valence-electron chi connectivity index (χ2n) is 0.513. The molecule has 0 radical (unpaired) electrons. The van der Waals surface area contributed by atoms with Gasteiger partial charge in [-0.3, -0.25) is 0 Å². The zero-order valence-corrected chi connectivity index (χ0v) is 8.45. The molecule has 0 unspecified atom stereocenters. The Morgan fingerprint density at radius 2 is 1.29 bits per heavy atom. The molecule has 0 atom stereocenters. The van der Waals surface area contributed by atoms with E-state index >= 15 is 0 Å². The number of hydrogen-bond acceptors (Lipinski definition) is 1. The Balaban J connectivity index is -0.0000000133. The fourth-order valence-corrected chi connectivity index (χ4v) is 0. The maximum absolute atomic E-state index is 8.94. The molecule has 0 aromatic carbocycles. The summed E-state index contributed by atoms with van der Waals surface area (Å²) in [6.07, 6.45) is 0. The van der Waals surface area contributed by atoms with Crippen molar-refractivity contribution in [1.29, 1.82) is 0 Å². The van der Waals surface area contributed by atoms with E-state index in [-0.39, 0.29) is 57.7 Å². The molecule has 0 fully saturated rings. The summed E-state index contributed by atoms with van der Waals surface area (Å²) in [7, 11) is 0. The molecular formula is H5AsCaFeO4. The summed E-state index contributed by atoms with van der Waals surface area (Å²) in [5, 5.41) is 0. The quantitative estimate of drug-likeness (QED) is 0.415. The third-order valence-electron chi connectivity index (χ3n) is 0. The Labute approximate surface area is 87.1 Å². The van der Waals surface area contributed by atoms with Gasteiger partial charge >= 0.3 is 68.3 Å². The average molecular weight is 240 g/mol. The van der Waals surface area contributed by atoms with E-state index < -0.39 is 14.5 Å². The van der Waals surface area contributed by atoms with Crippen LogP contribution in [0.5, 0.6) is 0 Å². The Bertz CT molecular complexity index is 64.7. The van der Waals surface area contributed by atoms with Gasteiger partial charge < -0.3 is 2.85 Å². The fourth-order valence-electron chi connectivity index (χ4n) is 0. The van der Waals surface area contributed by atoms with Crippen LogP contribution in [0.25, 0.3) is 0 Å². The standard InChI is InChI=1S/AsH3O4.Ca.Fe.2H/c2-1(3,4)5;;;;/h(H3,2,3,4,5);;;;/q;+2;;2*-1. The first-order valence-corrected chi connectivity index (χ1v) is 4.07. The molecule has 0 saturated carbocycles. The number of hydrogen-bond donors (Lipinski definition) is 3. The number of rotatable bonds is 0. The molecule has 0 aliphatic carbocycles. The third-order valence-corrected chi connectivity index (χ3v) is 0. The molecule has 0 saturated heterocycles. The van der Waals surface area contributed by atoms with E-state index in [1.165, 1.54) is 0 Å². The second-order valence-corrected chi connectivity index (χ2v) is 2.67. The van der Waals surface area contributed by atoms with Gasteiger partial charge in [0, 0.05) is 17.1 Å². The minimum absolute atomic E-state index is 0.